The van der Waals surface area contributed by atoms with Gasteiger partial charge in [0.1, 0.15) is 5.75 Å². The summed E-state index contributed by atoms with van der Waals surface area (Å²) in [7, 11) is 0. The fourth-order valence-electron chi connectivity index (χ4n) is 2.44. The van der Waals surface area contributed by atoms with E-state index >= 15 is 0 Å². The molecule has 0 heterocycles. The average Bonchev–Trinajstić information content (AvgIpc) is 2.32. The molecule has 1 aromatic carbocycles. The van der Waals surface area contributed by atoms with Gasteiger partial charge in [-0.25, -0.2) is 0 Å². The Bertz CT molecular complexity index is 337. The number of hydrogen-bond acceptors (Lipinski definition) is 1. The van der Waals surface area contributed by atoms with E-state index in [1.807, 2.05) is 24.3 Å². The van der Waals surface area contributed by atoms with Crippen molar-refractivity contribution < 1.29 is 4.74 Å². The molecule has 0 aromatic heterocycles. The summed E-state index contributed by atoms with van der Waals surface area (Å²) in [6.45, 7) is 2.28. The summed E-state index contributed by atoms with van der Waals surface area (Å²) in [5, 5.41) is 0. The molecule has 0 spiro atoms. The minimum absolute atomic E-state index is 0.414. The SMILES string of the molecule is CCC1CCCC(Oc2ccccc2Br)C1. The molecule has 1 nitrogen and oxygen atoms in total. The first-order valence-corrected chi connectivity index (χ1v) is 7.00. The molecule has 1 aromatic rings. The first-order chi connectivity index (χ1) is 7.79. The molecule has 2 rings (SSSR count). The van der Waals surface area contributed by atoms with Gasteiger partial charge >= 0.3 is 0 Å². The minimum atomic E-state index is 0.414. The van der Waals surface area contributed by atoms with Crippen LogP contribution in [0.3, 0.4) is 0 Å². The van der Waals surface area contributed by atoms with Crippen LogP contribution in [-0.2, 0) is 0 Å². The van der Waals surface area contributed by atoms with E-state index in [0.29, 0.717) is 6.10 Å². The first kappa shape index (κ1) is 12.0. The summed E-state index contributed by atoms with van der Waals surface area (Å²) in [6, 6.07) is 8.13. The molecule has 0 radical (unpaired) electrons. The summed E-state index contributed by atoms with van der Waals surface area (Å²) < 4.78 is 7.13. The smallest absolute Gasteiger partial charge is 0.133 e. The van der Waals surface area contributed by atoms with Gasteiger partial charge in [-0.05, 0) is 53.2 Å². The predicted octanol–water partition coefficient (Wildman–Crippen LogP) is 4.80. The van der Waals surface area contributed by atoms with Gasteiger partial charge in [0.15, 0.2) is 0 Å². The van der Waals surface area contributed by atoms with E-state index in [2.05, 4.69) is 22.9 Å². The monoisotopic (exact) mass is 282 g/mol. The van der Waals surface area contributed by atoms with Gasteiger partial charge in [0.05, 0.1) is 10.6 Å². The van der Waals surface area contributed by atoms with Crippen molar-refractivity contribution in [3.05, 3.63) is 28.7 Å². The molecule has 1 aliphatic carbocycles. The summed E-state index contributed by atoms with van der Waals surface area (Å²) in [5.74, 6) is 1.85. The molecule has 88 valence electrons. The molecule has 1 fully saturated rings. The van der Waals surface area contributed by atoms with Gasteiger partial charge < -0.3 is 4.74 Å². The topological polar surface area (TPSA) is 9.23 Å². The first-order valence-electron chi connectivity index (χ1n) is 6.20. The lowest BCUT2D eigenvalue weighted by Crippen LogP contribution is -2.25. The maximum absolute atomic E-state index is 6.07. The molecular formula is C14H19BrO. The molecule has 0 aliphatic heterocycles. The highest BCUT2D eigenvalue weighted by Gasteiger charge is 2.22. The van der Waals surface area contributed by atoms with Crippen LogP contribution in [0.5, 0.6) is 5.75 Å². The quantitative estimate of drug-likeness (QED) is 0.774. The van der Waals surface area contributed by atoms with Crippen molar-refractivity contribution in [2.24, 2.45) is 5.92 Å². The normalized spacial score (nSPS) is 25.4. The van der Waals surface area contributed by atoms with Crippen LogP contribution in [0.1, 0.15) is 39.0 Å². The average molecular weight is 283 g/mol. The van der Waals surface area contributed by atoms with Gasteiger partial charge in [-0.15, -0.1) is 0 Å². The molecule has 0 bridgehead atoms. The Morgan fingerprint density at radius 2 is 2.12 bits per heavy atom. The van der Waals surface area contributed by atoms with E-state index in [0.717, 1.165) is 16.1 Å². The third kappa shape index (κ3) is 3.00. The van der Waals surface area contributed by atoms with Crippen LogP contribution in [0.15, 0.2) is 28.7 Å². The standard InChI is InChI=1S/C14H19BrO/c1-2-11-6-5-7-12(10-11)16-14-9-4-3-8-13(14)15/h3-4,8-9,11-12H,2,5-7,10H2,1H3. The Kier molecular flexibility index (Phi) is 4.28. The van der Waals surface area contributed by atoms with Crippen molar-refractivity contribution in [1.82, 2.24) is 0 Å². The molecular weight excluding hydrogens is 264 g/mol. The number of ether oxygens (including phenoxy) is 1. The summed E-state index contributed by atoms with van der Waals surface area (Å²) in [6.07, 6.45) is 6.82. The zero-order valence-electron chi connectivity index (χ0n) is 9.79. The number of para-hydroxylation sites is 1. The van der Waals surface area contributed by atoms with Crippen LogP contribution in [0, 0.1) is 5.92 Å². The van der Waals surface area contributed by atoms with E-state index in [4.69, 9.17) is 4.74 Å². The van der Waals surface area contributed by atoms with Gasteiger partial charge in [0.25, 0.3) is 0 Å². The molecule has 2 atom stereocenters. The van der Waals surface area contributed by atoms with Crippen LogP contribution >= 0.6 is 15.9 Å². The lowest BCUT2D eigenvalue weighted by atomic mass is 9.85. The Balaban J connectivity index is 1.97. The lowest BCUT2D eigenvalue weighted by molar-refractivity contribution is 0.121. The van der Waals surface area contributed by atoms with Gasteiger partial charge in [-0.2, -0.15) is 0 Å². The second-order valence-corrected chi connectivity index (χ2v) is 5.47. The molecule has 0 amide bonds. The molecule has 0 saturated heterocycles. The van der Waals surface area contributed by atoms with Crippen molar-refractivity contribution in [3.8, 4) is 5.75 Å². The van der Waals surface area contributed by atoms with Crippen molar-refractivity contribution in [2.75, 3.05) is 0 Å². The second-order valence-electron chi connectivity index (χ2n) is 4.61. The third-order valence-electron chi connectivity index (χ3n) is 3.44. The number of halogens is 1. The fraction of sp³-hybridized carbons (Fsp3) is 0.571. The van der Waals surface area contributed by atoms with Crippen molar-refractivity contribution >= 4 is 15.9 Å². The van der Waals surface area contributed by atoms with Crippen molar-refractivity contribution in [2.45, 2.75) is 45.1 Å². The van der Waals surface area contributed by atoms with Crippen molar-refractivity contribution in [1.29, 1.82) is 0 Å². The molecule has 1 aliphatic rings. The van der Waals surface area contributed by atoms with E-state index in [1.54, 1.807) is 0 Å². The van der Waals surface area contributed by atoms with Gasteiger partial charge in [-0.1, -0.05) is 31.9 Å². The zero-order valence-corrected chi connectivity index (χ0v) is 11.4. The van der Waals surface area contributed by atoms with Gasteiger partial charge in [0, 0.05) is 0 Å². The third-order valence-corrected chi connectivity index (χ3v) is 4.10. The summed E-state index contributed by atoms with van der Waals surface area (Å²) in [5.41, 5.74) is 0. The highest BCUT2D eigenvalue weighted by Crippen LogP contribution is 2.32. The number of benzene rings is 1. The maximum atomic E-state index is 6.07. The fourth-order valence-corrected chi connectivity index (χ4v) is 2.82. The summed E-state index contributed by atoms with van der Waals surface area (Å²) in [4.78, 5) is 0. The Morgan fingerprint density at radius 1 is 1.31 bits per heavy atom. The molecule has 2 heteroatoms. The second kappa shape index (κ2) is 5.72. The molecule has 16 heavy (non-hydrogen) atoms. The number of hydrogen-bond donors (Lipinski definition) is 0. The van der Waals surface area contributed by atoms with Crippen LogP contribution in [-0.4, -0.2) is 6.10 Å². The van der Waals surface area contributed by atoms with Gasteiger partial charge in [-0.3, -0.25) is 0 Å². The zero-order chi connectivity index (χ0) is 11.4. The van der Waals surface area contributed by atoms with E-state index < -0.39 is 0 Å². The Morgan fingerprint density at radius 3 is 2.88 bits per heavy atom. The van der Waals surface area contributed by atoms with Crippen LogP contribution < -0.4 is 4.74 Å². The van der Waals surface area contributed by atoms with Crippen LogP contribution in [0.25, 0.3) is 0 Å². The number of rotatable bonds is 3. The highest BCUT2D eigenvalue weighted by molar-refractivity contribution is 9.10. The van der Waals surface area contributed by atoms with Crippen LogP contribution in [0.4, 0.5) is 0 Å². The summed E-state index contributed by atoms with van der Waals surface area (Å²) >= 11 is 3.53. The van der Waals surface area contributed by atoms with Gasteiger partial charge in [0.2, 0.25) is 0 Å². The van der Waals surface area contributed by atoms with Crippen molar-refractivity contribution in [3.63, 3.8) is 0 Å². The van der Waals surface area contributed by atoms with E-state index in [-0.39, 0.29) is 0 Å². The van der Waals surface area contributed by atoms with Crippen LogP contribution in [0.2, 0.25) is 0 Å². The molecule has 0 N–H and O–H groups in total. The van der Waals surface area contributed by atoms with E-state index in [9.17, 15) is 0 Å². The molecule has 2 unspecified atom stereocenters. The largest absolute Gasteiger partial charge is 0.489 e. The molecule has 1 saturated carbocycles. The van der Waals surface area contributed by atoms with E-state index in [1.165, 1.54) is 32.1 Å². The highest BCUT2D eigenvalue weighted by atomic mass is 79.9. The lowest BCUT2D eigenvalue weighted by Gasteiger charge is -2.29. The Labute approximate surface area is 106 Å². The Hall–Kier alpha value is -0.500. The predicted molar refractivity (Wildman–Crippen MR) is 70.8 cm³/mol. The maximum Gasteiger partial charge on any atom is 0.133 e. The minimum Gasteiger partial charge on any atom is -0.489 e.